The summed E-state index contributed by atoms with van der Waals surface area (Å²) >= 11 is 7.45. The molecule has 0 unspecified atom stereocenters. The Morgan fingerprint density at radius 1 is 1.42 bits per heavy atom. The lowest BCUT2D eigenvalue weighted by atomic mass is 10.4. The monoisotopic (exact) mass is 298 g/mol. The van der Waals surface area contributed by atoms with Crippen molar-refractivity contribution in [3.8, 4) is 0 Å². The Morgan fingerprint density at radius 3 is 3.11 bits per heavy atom. The lowest BCUT2D eigenvalue weighted by molar-refractivity contribution is 0.189. The van der Waals surface area contributed by atoms with E-state index in [2.05, 4.69) is 15.2 Å². The Morgan fingerprint density at radius 2 is 2.32 bits per heavy atom. The van der Waals surface area contributed by atoms with Gasteiger partial charge in [-0.2, -0.15) is 0 Å². The second kappa shape index (κ2) is 7.47. The fourth-order valence-corrected chi connectivity index (χ4v) is 2.59. The summed E-state index contributed by atoms with van der Waals surface area (Å²) in [5, 5.41) is 9.44. The molecule has 2 rings (SSSR count). The second-order valence-corrected chi connectivity index (χ2v) is 5.22. The van der Waals surface area contributed by atoms with Gasteiger partial charge in [0.05, 0.1) is 5.69 Å². The molecule has 0 aromatic carbocycles. The zero-order valence-corrected chi connectivity index (χ0v) is 12.2. The van der Waals surface area contributed by atoms with Crippen molar-refractivity contribution in [1.82, 2.24) is 19.7 Å². The van der Waals surface area contributed by atoms with Crippen LogP contribution in [0, 0.1) is 0 Å². The maximum Gasteiger partial charge on any atom is 0.191 e. The number of hydrogen-bond acceptors (Lipinski definition) is 5. The highest BCUT2D eigenvalue weighted by molar-refractivity contribution is 7.98. The smallest absolute Gasteiger partial charge is 0.191 e. The number of methoxy groups -OCH3 is 1. The first kappa shape index (κ1) is 14.3. The summed E-state index contributed by atoms with van der Waals surface area (Å²) in [4.78, 5) is 4.24. The molecule has 0 bridgehead atoms. The van der Waals surface area contributed by atoms with E-state index in [1.54, 1.807) is 31.3 Å². The summed E-state index contributed by atoms with van der Waals surface area (Å²) < 4.78 is 7.06. The molecule has 0 saturated carbocycles. The van der Waals surface area contributed by atoms with E-state index in [4.69, 9.17) is 16.3 Å². The van der Waals surface area contributed by atoms with Gasteiger partial charge in [-0.3, -0.25) is 0 Å². The average molecular weight is 299 g/mol. The van der Waals surface area contributed by atoms with E-state index >= 15 is 0 Å². The van der Waals surface area contributed by atoms with E-state index in [-0.39, 0.29) is 0 Å². The number of aryl methyl sites for hydroxylation is 1. The first-order valence-electron chi connectivity index (χ1n) is 5.90. The first-order valence-corrected chi connectivity index (χ1v) is 7.27. The summed E-state index contributed by atoms with van der Waals surface area (Å²) in [6.07, 6.45) is 2.68. The number of nitrogens with zero attached hydrogens (tertiary/aromatic N) is 4. The van der Waals surface area contributed by atoms with Crippen LogP contribution in [0.5, 0.6) is 0 Å². The van der Waals surface area contributed by atoms with Gasteiger partial charge in [0.25, 0.3) is 0 Å². The molecule has 0 N–H and O–H groups in total. The van der Waals surface area contributed by atoms with Crippen LogP contribution in [0.15, 0.2) is 29.7 Å². The van der Waals surface area contributed by atoms with Crippen molar-refractivity contribution < 1.29 is 4.74 Å². The van der Waals surface area contributed by atoms with Gasteiger partial charge in [-0.05, 0) is 18.6 Å². The van der Waals surface area contributed by atoms with Crippen molar-refractivity contribution in [1.29, 1.82) is 0 Å². The minimum absolute atomic E-state index is 0.514. The van der Waals surface area contributed by atoms with E-state index in [1.807, 2.05) is 16.7 Å². The molecular weight excluding hydrogens is 284 g/mol. The summed E-state index contributed by atoms with van der Waals surface area (Å²) in [6, 6.07) is 5.61. The predicted molar refractivity (Wildman–Crippen MR) is 75.3 cm³/mol. The van der Waals surface area contributed by atoms with Gasteiger partial charge in [0.15, 0.2) is 5.16 Å². The molecule has 7 heteroatoms. The van der Waals surface area contributed by atoms with Crippen LogP contribution in [0.3, 0.4) is 0 Å². The number of rotatable bonds is 7. The highest BCUT2D eigenvalue weighted by atomic mass is 35.5. The molecule has 0 fully saturated rings. The number of pyridine rings is 1. The number of ether oxygens (including phenoxy) is 1. The van der Waals surface area contributed by atoms with Gasteiger partial charge >= 0.3 is 0 Å². The van der Waals surface area contributed by atoms with Crippen LogP contribution in [0.25, 0.3) is 0 Å². The van der Waals surface area contributed by atoms with Gasteiger partial charge in [0.1, 0.15) is 11.5 Å². The maximum atomic E-state index is 5.85. The minimum Gasteiger partial charge on any atom is -0.385 e. The SMILES string of the molecule is COCCCn1cnnc1SCc1cccc(Cl)n1. The van der Waals surface area contributed by atoms with Gasteiger partial charge in [0, 0.05) is 26.0 Å². The third-order valence-corrected chi connectivity index (χ3v) is 3.67. The Labute approximate surface area is 121 Å². The van der Waals surface area contributed by atoms with Crippen LogP contribution in [-0.4, -0.2) is 33.5 Å². The molecule has 0 aliphatic rings. The van der Waals surface area contributed by atoms with E-state index in [9.17, 15) is 0 Å². The Kier molecular flexibility index (Phi) is 5.62. The van der Waals surface area contributed by atoms with Crippen molar-refractivity contribution in [3.63, 3.8) is 0 Å². The molecular formula is C12H15ClN4OS. The zero-order chi connectivity index (χ0) is 13.5. The molecule has 0 amide bonds. The number of thioether (sulfide) groups is 1. The Balaban J connectivity index is 1.90. The first-order chi connectivity index (χ1) is 9.29. The van der Waals surface area contributed by atoms with E-state index in [1.165, 1.54) is 0 Å². The summed E-state index contributed by atoms with van der Waals surface area (Å²) in [7, 11) is 1.70. The molecule has 2 heterocycles. The van der Waals surface area contributed by atoms with E-state index < -0.39 is 0 Å². The highest BCUT2D eigenvalue weighted by Crippen LogP contribution is 2.20. The molecule has 0 aliphatic carbocycles. The van der Waals surface area contributed by atoms with Crippen LogP contribution in [-0.2, 0) is 17.0 Å². The molecule has 0 aliphatic heterocycles. The van der Waals surface area contributed by atoms with Crippen molar-refractivity contribution >= 4 is 23.4 Å². The molecule has 0 atom stereocenters. The van der Waals surface area contributed by atoms with Gasteiger partial charge in [-0.1, -0.05) is 29.4 Å². The summed E-state index contributed by atoms with van der Waals surface area (Å²) in [6.45, 7) is 1.59. The molecule has 102 valence electrons. The van der Waals surface area contributed by atoms with Crippen molar-refractivity contribution in [3.05, 3.63) is 35.4 Å². The number of halogens is 1. The third-order valence-electron chi connectivity index (χ3n) is 2.45. The summed E-state index contributed by atoms with van der Waals surface area (Å²) in [5.41, 5.74) is 0.934. The normalized spacial score (nSPS) is 10.8. The van der Waals surface area contributed by atoms with Crippen molar-refractivity contribution in [2.75, 3.05) is 13.7 Å². The number of aromatic nitrogens is 4. The largest absolute Gasteiger partial charge is 0.385 e. The fraction of sp³-hybridized carbons (Fsp3) is 0.417. The highest BCUT2D eigenvalue weighted by Gasteiger charge is 2.06. The topological polar surface area (TPSA) is 52.8 Å². The lowest BCUT2D eigenvalue weighted by Crippen LogP contribution is -2.02. The third kappa shape index (κ3) is 4.49. The second-order valence-electron chi connectivity index (χ2n) is 3.89. The molecule has 19 heavy (non-hydrogen) atoms. The van der Waals surface area contributed by atoms with Gasteiger partial charge in [0.2, 0.25) is 0 Å². The van der Waals surface area contributed by atoms with Crippen LogP contribution in [0.2, 0.25) is 5.15 Å². The molecule has 0 saturated heterocycles. The van der Waals surface area contributed by atoms with Crippen LogP contribution in [0.1, 0.15) is 12.1 Å². The van der Waals surface area contributed by atoms with Crippen molar-refractivity contribution in [2.24, 2.45) is 0 Å². The Bertz CT molecular complexity index is 520. The Hall–Kier alpha value is -1.11. The zero-order valence-electron chi connectivity index (χ0n) is 10.6. The quantitative estimate of drug-likeness (QED) is 0.447. The molecule has 0 radical (unpaired) electrons. The van der Waals surface area contributed by atoms with Gasteiger partial charge in [-0.15, -0.1) is 10.2 Å². The van der Waals surface area contributed by atoms with Crippen LogP contribution >= 0.6 is 23.4 Å². The average Bonchev–Trinajstić information content (AvgIpc) is 2.84. The van der Waals surface area contributed by atoms with Gasteiger partial charge < -0.3 is 9.30 Å². The fourth-order valence-electron chi connectivity index (χ4n) is 1.56. The summed E-state index contributed by atoms with van der Waals surface area (Å²) in [5.74, 6) is 0.726. The van der Waals surface area contributed by atoms with Crippen LogP contribution in [0.4, 0.5) is 0 Å². The minimum atomic E-state index is 0.514. The standard InChI is InChI=1S/C12H15ClN4OS/c1-18-7-3-6-17-9-14-16-12(17)19-8-10-4-2-5-11(13)15-10/h2,4-5,9H,3,6-8H2,1H3. The number of hydrogen-bond donors (Lipinski definition) is 0. The molecule has 5 nitrogen and oxygen atoms in total. The molecule has 2 aromatic rings. The van der Waals surface area contributed by atoms with Crippen molar-refractivity contribution in [2.45, 2.75) is 23.9 Å². The lowest BCUT2D eigenvalue weighted by Gasteiger charge is -2.05. The van der Waals surface area contributed by atoms with Gasteiger partial charge in [-0.25, -0.2) is 4.98 Å². The van der Waals surface area contributed by atoms with Crippen LogP contribution < -0.4 is 0 Å². The maximum absolute atomic E-state index is 5.85. The molecule has 2 aromatic heterocycles. The van der Waals surface area contributed by atoms with E-state index in [0.29, 0.717) is 5.15 Å². The molecule has 0 spiro atoms. The predicted octanol–water partition coefficient (Wildman–Crippen LogP) is 2.66. The van der Waals surface area contributed by atoms with E-state index in [0.717, 1.165) is 36.2 Å².